The maximum absolute atomic E-state index is 13.2. The van der Waals surface area contributed by atoms with Crippen LogP contribution in [-0.2, 0) is 20.9 Å². The molecule has 2 aliphatic carbocycles. The summed E-state index contributed by atoms with van der Waals surface area (Å²) in [6, 6.07) is 26.0. The molecule has 0 bridgehead atoms. The number of carbonyl (C=O) groups excluding carboxylic acids is 2. The minimum absolute atomic E-state index is 0.0351. The van der Waals surface area contributed by atoms with Gasteiger partial charge in [0, 0.05) is 25.6 Å². The SMILES string of the molecule is O=C(NC1C=CC(C(=O)NC2(C(=O)O)CCN(Cc3ccccc3)CC2)C1)OCC1c2ccccc2-c2ccccc21. The number of benzene rings is 3. The quantitative estimate of drug-likeness (QED) is 0.342. The topological polar surface area (TPSA) is 108 Å². The smallest absolute Gasteiger partial charge is 0.407 e. The van der Waals surface area contributed by atoms with Crippen LogP contribution >= 0.6 is 0 Å². The van der Waals surface area contributed by atoms with Crippen LogP contribution in [0.15, 0.2) is 91.0 Å². The second-order valence-corrected chi connectivity index (χ2v) is 11.4. The van der Waals surface area contributed by atoms with Crippen molar-refractivity contribution in [3.05, 3.63) is 108 Å². The van der Waals surface area contributed by atoms with E-state index in [9.17, 15) is 19.5 Å². The number of piperidine rings is 1. The molecule has 2 amide bonds. The van der Waals surface area contributed by atoms with Crippen molar-refractivity contribution in [3.63, 3.8) is 0 Å². The summed E-state index contributed by atoms with van der Waals surface area (Å²) in [5, 5.41) is 15.8. The van der Waals surface area contributed by atoms with Gasteiger partial charge in [0.15, 0.2) is 0 Å². The second kappa shape index (κ2) is 11.8. The summed E-state index contributed by atoms with van der Waals surface area (Å²) in [7, 11) is 0. The molecular formula is C34H35N3O5. The summed E-state index contributed by atoms with van der Waals surface area (Å²) in [5.74, 6) is -1.90. The molecule has 2 atom stereocenters. The van der Waals surface area contributed by atoms with Crippen molar-refractivity contribution >= 4 is 18.0 Å². The van der Waals surface area contributed by atoms with E-state index in [4.69, 9.17) is 4.74 Å². The van der Waals surface area contributed by atoms with Crippen LogP contribution in [-0.4, -0.2) is 59.3 Å². The lowest BCUT2D eigenvalue weighted by Crippen LogP contribution is -2.60. The normalized spacial score (nSPS) is 20.9. The summed E-state index contributed by atoms with van der Waals surface area (Å²) < 4.78 is 5.65. The number of hydrogen-bond donors (Lipinski definition) is 3. The van der Waals surface area contributed by atoms with Gasteiger partial charge in [-0.25, -0.2) is 9.59 Å². The molecule has 3 aliphatic rings. The summed E-state index contributed by atoms with van der Waals surface area (Å²) in [6.07, 6.45) is 4.00. The molecular weight excluding hydrogens is 530 g/mol. The van der Waals surface area contributed by atoms with Crippen LogP contribution in [0.1, 0.15) is 41.9 Å². The third-order valence-corrected chi connectivity index (χ3v) is 8.80. The number of likely N-dealkylation sites (tertiary alicyclic amines) is 1. The number of carboxylic acid groups (broad SMARTS) is 1. The fourth-order valence-corrected chi connectivity index (χ4v) is 6.45. The van der Waals surface area contributed by atoms with Crippen LogP contribution in [0.25, 0.3) is 11.1 Å². The van der Waals surface area contributed by atoms with Gasteiger partial charge in [0.2, 0.25) is 5.91 Å². The van der Waals surface area contributed by atoms with Gasteiger partial charge in [0.25, 0.3) is 0 Å². The first kappa shape index (κ1) is 27.7. The molecule has 8 nitrogen and oxygen atoms in total. The zero-order chi connectivity index (χ0) is 29.1. The van der Waals surface area contributed by atoms with Gasteiger partial charge in [0.1, 0.15) is 12.1 Å². The molecule has 1 saturated heterocycles. The highest BCUT2D eigenvalue weighted by Gasteiger charge is 2.44. The van der Waals surface area contributed by atoms with Crippen molar-refractivity contribution in [2.75, 3.05) is 19.7 Å². The molecule has 1 aliphatic heterocycles. The number of nitrogens with zero attached hydrogens (tertiary/aromatic N) is 1. The van der Waals surface area contributed by atoms with Crippen molar-refractivity contribution in [2.45, 2.75) is 43.3 Å². The maximum atomic E-state index is 13.2. The lowest BCUT2D eigenvalue weighted by molar-refractivity contribution is -0.150. The Morgan fingerprint density at radius 2 is 1.48 bits per heavy atom. The molecule has 6 rings (SSSR count). The van der Waals surface area contributed by atoms with E-state index in [2.05, 4.69) is 51.9 Å². The third-order valence-electron chi connectivity index (χ3n) is 8.80. The van der Waals surface area contributed by atoms with Gasteiger partial charge in [-0.2, -0.15) is 0 Å². The van der Waals surface area contributed by atoms with Crippen LogP contribution in [0.5, 0.6) is 0 Å². The maximum Gasteiger partial charge on any atom is 0.407 e. The Morgan fingerprint density at radius 3 is 2.12 bits per heavy atom. The molecule has 0 spiro atoms. The van der Waals surface area contributed by atoms with E-state index in [0.29, 0.717) is 32.4 Å². The van der Waals surface area contributed by atoms with Gasteiger partial charge in [-0.15, -0.1) is 0 Å². The zero-order valence-corrected chi connectivity index (χ0v) is 23.4. The largest absolute Gasteiger partial charge is 0.480 e. The number of ether oxygens (including phenoxy) is 1. The first-order valence-electron chi connectivity index (χ1n) is 14.5. The van der Waals surface area contributed by atoms with E-state index < -0.39 is 23.5 Å². The molecule has 216 valence electrons. The average Bonchev–Trinajstić information content (AvgIpc) is 3.60. The molecule has 42 heavy (non-hydrogen) atoms. The van der Waals surface area contributed by atoms with Crippen molar-refractivity contribution in [2.24, 2.45) is 5.92 Å². The van der Waals surface area contributed by atoms with Crippen molar-refractivity contribution < 1.29 is 24.2 Å². The Bertz CT molecular complexity index is 1450. The highest BCUT2D eigenvalue weighted by atomic mass is 16.5. The van der Waals surface area contributed by atoms with Crippen molar-refractivity contribution in [1.82, 2.24) is 15.5 Å². The number of aliphatic carboxylic acids is 1. The van der Waals surface area contributed by atoms with Crippen LogP contribution in [0.2, 0.25) is 0 Å². The highest BCUT2D eigenvalue weighted by Crippen LogP contribution is 2.44. The fraction of sp³-hybridized carbons (Fsp3) is 0.324. The van der Waals surface area contributed by atoms with Gasteiger partial charge in [-0.1, -0.05) is 91.0 Å². The molecule has 3 aromatic rings. The van der Waals surface area contributed by atoms with Crippen LogP contribution in [0, 0.1) is 5.92 Å². The Balaban J connectivity index is 0.994. The van der Waals surface area contributed by atoms with Crippen molar-refractivity contribution in [3.8, 4) is 11.1 Å². The lowest BCUT2D eigenvalue weighted by Gasteiger charge is -2.39. The average molecular weight is 566 g/mol. The Hall–Kier alpha value is -4.43. The van der Waals surface area contributed by atoms with Gasteiger partial charge in [0.05, 0.1) is 12.0 Å². The van der Waals surface area contributed by atoms with E-state index in [1.807, 2.05) is 42.5 Å². The summed E-state index contributed by atoms with van der Waals surface area (Å²) >= 11 is 0. The molecule has 8 heteroatoms. The van der Waals surface area contributed by atoms with E-state index in [-0.39, 0.29) is 24.5 Å². The first-order valence-corrected chi connectivity index (χ1v) is 14.5. The van der Waals surface area contributed by atoms with Crippen molar-refractivity contribution in [1.29, 1.82) is 0 Å². The number of hydrogen-bond acceptors (Lipinski definition) is 5. The summed E-state index contributed by atoms with van der Waals surface area (Å²) in [5.41, 5.74) is 4.49. The molecule has 0 aromatic heterocycles. The number of carbonyl (C=O) groups is 3. The molecule has 2 unspecified atom stereocenters. The Morgan fingerprint density at radius 1 is 0.857 bits per heavy atom. The lowest BCUT2D eigenvalue weighted by atomic mass is 9.86. The van der Waals surface area contributed by atoms with Crippen LogP contribution in [0.3, 0.4) is 0 Å². The molecule has 3 N–H and O–H groups in total. The first-order chi connectivity index (χ1) is 20.4. The van der Waals surface area contributed by atoms with Gasteiger partial charge >= 0.3 is 12.1 Å². The third kappa shape index (κ3) is 5.67. The number of fused-ring (bicyclic) bond motifs is 3. The number of nitrogens with one attached hydrogen (secondary N) is 2. The fourth-order valence-electron chi connectivity index (χ4n) is 6.45. The second-order valence-electron chi connectivity index (χ2n) is 11.4. The Labute approximate surface area is 245 Å². The van der Waals surface area contributed by atoms with Gasteiger partial charge in [-0.3, -0.25) is 9.69 Å². The van der Waals surface area contributed by atoms with E-state index >= 15 is 0 Å². The zero-order valence-electron chi connectivity index (χ0n) is 23.4. The highest BCUT2D eigenvalue weighted by molar-refractivity contribution is 5.89. The predicted molar refractivity (Wildman–Crippen MR) is 159 cm³/mol. The minimum Gasteiger partial charge on any atom is -0.480 e. The van der Waals surface area contributed by atoms with E-state index in [0.717, 1.165) is 28.8 Å². The number of amides is 2. The molecule has 3 aromatic carbocycles. The molecule has 0 saturated carbocycles. The van der Waals surface area contributed by atoms with Crippen LogP contribution in [0.4, 0.5) is 4.79 Å². The monoisotopic (exact) mass is 565 g/mol. The standard InChI is InChI=1S/C34H35N3O5/c38-31(36-34(32(39)40)16-18-37(19-17-34)21-23-8-2-1-3-9-23)24-14-15-25(20-24)35-33(41)42-22-30-28-12-6-4-10-26(28)27-11-5-7-13-29(27)30/h1-15,24-25,30H,16-22H2,(H,35,41)(H,36,38)(H,39,40). The summed E-state index contributed by atoms with van der Waals surface area (Å²) in [6.45, 7) is 2.11. The predicted octanol–water partition coefficient (Wildman–Crippen LogP) is 4.71. The molecule has 0 radical (unpaired) electrons. The minimum atomic E-state index is -1.30. The van der Waals surface area contributed by atoms with E-state index in [1.165, 1.54) is 5.56 Å². The Kier molecular flexibility index (Phi) is 7.80. The number of rotatable bonds is 8. The van der Waals surface area contributed by atoms with E-state index in [1.54, 1.807) is 12.2 Å². The number of carboxylic acids is 1. The van der Waals surface area contributed by atoms with Crippen LogP contribution < -0.4 is 10.6 Å². The molecule has 1 heterocycles. The summed E-state index contributed by atoms with van der Waals surface area (Å²) in [4.78, 5) is 40.4. The number of alkyl carbamates (subject to hydrolysis) is 1. The van der Waals surface area contributed by atoms with Gasteiger partial charge < -0.3 is 20.5 Å². The van der Waals surface area contributed by atoms with Gasteiger partial charge in [-0.05, 0) is 47.1 Å². The molecule has 1 fully saturated rings.